The summed E-state index contributed by atoms with van der Waals surface area (Å²) in [5, 5.41) is 16.6. The van der Waals surface area contributed by atoms with Crippen LogP contribution in [0.2, 0.25) is 0 Å². The smallest absolute Gasteiger partial charge is 0.305 e. The maximum atomic E-state index is 14.5. The third kappa shape index (κ3) is 7.30. The van der Waals surface area contributed by atoms with E-state index in [1.807, 2.05) is 0 Å². The molecule has 2 aliphatic rings. The van der Waals surface area contributed by atoms with Crippen LogP contribution in [0.15, 0.2) is 30.3 Å². The van der Waals surface area contributed by atoms with Gasteiger partial charge in [-0.2, -0.15) is 5.10 Å². The average molecular weight is 575 g/mol. The lowest BCUT2D eigenvalue weighted by atomic mass is 9.99. The molecule has 4 atom stereocenters. The highest BCUT2D eigenvalue weighted by molar-refractivity contribution is 5.94. The molecule has 4 rings (SSSR count). The number of nitrogens with zero attached hydrogens (tertiary/aromatic N) is 3. The standard InChI is InChI=1S/C27H34F4N4O3.ClH/c1-16(34-14-21(28)22(29)15-34)11-17(12-25(36)37)32-26(38)23-13-24(35(33-23)18-7-3-4-8-18)19-9-5-6-10-20(19)27(2,30)31;/h5-6,9-10,13,16-18,21-22H,3-4,7-8,11-12,14-15H2,1-2H3,(H,32,38)(H,36,37);1H/t16?,17-,21-,22-;/m0./s1. The average Bonchev–Trinajstić information content (AvgIpc) is 3.58. The fourth-order valence-electron chi connectivity index (χ4n) is 5.56. The largest absolute Gasteiger partial charge is 0.481 e. The summed E-state index contributed by atoms with van der Waals surface area (Å²) < 4.78 is 57.9. The van der Waals surface area contributed by atoms with Gasteiger partial charge >= 0.3 is 5.97 Å². The Morgan fingerprint density at radius 2 is 1.77 bits per heavy atom. The van der Waals surface area contributed by atoms with E-state index in [9.17, 15) is 32.3 Å². The van der Waals surface area contributed by atoms with Gasteiger partial charge in [0, 0.05) is 43.2 Å². The van der Waals surface area contributed by atoms with Gasteiger partial charge in [-0.15, -0.1) is 12.4 Å². The van der Waals surface area contributed by atoms with Gasteiger partial charge < -0.3 is 10.4 Å². The number of amides is 1. The second-order valence-corrected chi connectivity index (χ2v) is 10.6. The Hall–Kier alpha value is -2.66. The van der Waals surface area contributed by atoms with Crippen molar-refractivity contribution in [2.45, 2.75) is 88.8 Å². The summed E-state index contributed by atoms with van der Waals surface area (Å²) in [5.74, 6) is -4.87. The molecule has 1 saturated carbocycles. The number of alkyl halides is 4. The topological polar surface area (TPSA) is 87.5 Å². The Morgan fingerprint density at radius 3 is 2.36 bits per heavy atom. The highest BCUT2D eigenvalue weighted by Gasteiger charge is 2.36. The molecule has 2 fully saturated rings. The van der Waals surface area contributed by atoms with Crippen LogP contribution in [0, 0.1) is 0 Å². The van der Waals surface area contributed by atoms with Crippen molar-refractivity contribution in [3.63, 3.8) is 0 Å². The minimum atomic E-state index is -3.11. The van der Waals surface area contributed by atoms with Crippen molar-refractivity contribution in [3.05, 3.63) is 41.6 Å². The maximum absolute atomic E-state index is 14.5. The molecule has 7 nitrogen and oxygen atoms in total. The Balaban J connectivity index is 0.00000420. The second kappa shape index (κ2) is 12.7. The summed E-state index contributed by atoms with van der Waals surface area (Å²) >= 11 is 0. The van der Waals surface area contributed by atoms with Crippen LogP contribution in [0.4, 0.5) is 17.6 Å². The number of rotatable bonds is 10. The molecule has 2 aromatic rings. The van der Waals surface area contributed by atoms with E-state index in [1.54, 1.807) is 28.6 Å². The zero-order valence-corrected chi connectivity index (χ0v) is 22.8. The second-order valence-electron chi connectivity index (χ2n) is 10.6. The molecule has 12 heteroatoms. The van der Waals surface area contributed by atoms with Crippen molar-refractivity contribution in [1.82, 2.24) is 20.0 Å². The minimum Gasteiger partial charge on any atom is -0.481 e. The molecule has 0 radical (unpaired) electrons. The first-order valence-corrected chi connectivity index (χ1v) is 13.1. The van der Waals surface area contributed by atoms with E-state index in [-0.39, 0.29) is 67.2 Å². The van der Waals surface area contributed by atoms with Crippen LogP contribution < -0.4 is 5.32 Å². The number of aliphatic carboxylic acids is 1. The Morgan fingerprint density at radius 1 is 1.15 bits per heavy atom. The van der Waals surface area contributed by atoms with Gasteiger partial charge in [-0.05, 0) is 32.3 Å². The Bertz CT molecular complexity index is 1140. The quantitative estimate of drug-likeness (QED) is 0.364. The summed E-state index contributed by atoms with van der Waals surface area (Å²) in [5.41, 5.74) is 0.511. The summed E-state index contributed by atoms with van der Waals surface area (Å²) in [4.78, 5) is 26.4. The summed E-state index contributed by atoms with van der Waals surface area (Å²) in [6.07, 6.45) is 0.127. The number of benzene rings is 1. The van der Waals surface area contributed by atoms with E-state index in [0.717, 1.165) is 32.6 Å². The summed E-state index contributed by atoms with van der Waals surface area (Å²) in [6, 6.07) is 6.37. The number of carbonyl (C=O) groups is 2. The molecular weight excluding hydrogens is 540 g/mol. The lowest BCUT2D eigenvalue weighted by Gasteiger charge is -2.27. The first-order valence-electron chi connectivity index (χ1n) is 13.1. The molecule has 1 aromatic heterocycles. The van der Waals surface area contributed by atoms with Crippen molar-refractivity contribution in [2.75, 3.05) is 13.1 Å². The zero-order chi connectivity index (χ0) is 27.6. The van der Waals surface area contributed by atoms with Crippen LogP contribution in [0.25, 0.3) is 11.3 Å². The predicted molar refractivity (Wildman–Crippen MR) is 141 cm³/mol. The highest BCUT2D eigenvalue weighted by atomic mass is 35.5. The molecule has 1 aromatic carbocycles. The van der Waals surface area contributed by atoms with Crippen LogP contribution in [-0.2, 0) is 10.7 Å². The monoisotopic (exact) mass is 574 g/mol. The molecule has 1 unspecified atom stereocenters. The van der Waals surface area contributed by atoms with E-state index in [4.69, 9.17) is 0 Å². The van der Waals surface area contributed by atoms with E-state index >= 15 is 0 Å². The van der Waals surface area contributed by atoms with E-state index in [1.165, 1.54) is 18.2 Å². The van der Waals surface area contributed by atoms with Gasteiger partial charge in [-0.25, -0.2) is 17.6 Å². The number of likely N-dealkylation sites (tertiary alicyclic amines) is 1. The van der Waals surface area contributed by atoms with Crippen molar-refractivity contribution >= 4 is 24.3 Å². The number of aromatic nitrogens is 2. The van der Waals surface area contributed by atoms with Crippen LogP contribution in [0.3, 0.4) is 0 Å². The Labute approximate surface area is 231 Å². The first kappa shape index (κ1) is 30.9. The van der Waals surface area contributed by atoms with Gasteiger partial charge in [-0.3, -0.25) is 19.2 Å². The van der Waals surface area contributed by atoms with Gasteiger partial charge in [0.25, 0.3) is 11.8 Å². The number of hydrogen-bond acceptors (Lipinski definition) is 4. The van der Waals surface area contributed by atoms with Gasteiger partial charge in [0.05, 0.1) is 18.2 Å². The van der Waals surface area contributed by atoms with Crippen LogP contribution >= 0.6 is 12.4 Å². The molecule has 1 aliphatic heterocycles. The lowest BCUT2D eigenvalue weighted by molar-refractivity contribution is -0.137. The third-order valence-electron chi connectivity index (χ3n) is 7.53. The normalized spacial score (nSPS) is 21.9. The van der Waals surface area contributed by atoms with Crippen LogP contribution in [0.1, 0.15) is 74.5 Å². The number of carboxylic acids is 1. The molecule has 0 spiro atoms. The van der Waals surface area contributed by atoms with Crippen LogP contribution in [-0.4, -0.2) is 69.2 Å². The van der Waals surface area contributed by atoms with Crippen molar-refractivity contribution < 1.29 is 32.3 Å². The maximum Gasteiger partial charge on any atom is 0.305 e. The predicted octanol–water partition coefficient (Wildman–Crippen LogP) is 5.54. The molecule has 2 heterocycles. The fourth-order valence-corrected chi connectivity index (χ4v) is 5.56. The lowest BCUT2D eigenvalue weighted by Crippen LogP contribution is -2.42. The molecule has 1 saturated heterocycles. The number of carbonyl (C=O) groups excluding carboxylic acids is 1. The molecule has 216 valence electrons. The first-order chi connectivity index (χ1) is 17.9. The number of halogens is 5. The van der Waals surface area contributed by atoms with E-state index in [2.05, 4.69) is 10.4 Å². The number of carboxylic acid groups (broad SMARTS) is 1. The highest BCUT2D eigenvalue weighted by Crippen LogP contribution is 2.39. The minimum absolute atomic E-state index is 0. The van der Waals surface area contributed by atoms with Crippen molar-refractivity contribution in [1.29, 1.82) is 0 Å². The van der Waals surface area contributed by atoms with Gasteiger partial charge in [-0.1, -0.05) is 37.1 Å². The van der Waals surface area contributed by atoms with Crippen molar-refractivity contribution in [3.8, 4) is 11.3 Å². The van der Waals surface area contributed by atoms with E-state index in [0.29, 0.717) is 5.69 Å². The van der Waals surface area contributed by atoms with Crippen molar-refractivity contribution in [2.24, 2.45) is 0 Å². The molecular formula is C27H35ClF4N4O3. The molecule has 0 bridgehead atoms. The number of nitrogens with one attached hydrogen (secondary N) is 1. The fraction of sp³-hybridized carbons (Fsp3) is 0.593. The third-order valence-corrected chi connectivity index (χ3v) is 7.53. The number of hydrogen-bond donors (Lipinski definition) is 2. The molecule has 39 heavy (non-hydrogen) atoms. The summed E-state index contributed by atoms with van der Waals surface area (Å²) in [6.45, 7) is 2.38. The molecule has 1 amide bonds. The molecule has 1 aliphatic carbocycles. The van der Waals surface area contributed by atoms with E-state index < -0.39 is 36.2 Å². The zero-order valence-electron chi connectivity index (χ0n) is 22.0. The molecule has 2 N–H and O–H groups in total. The van der Waals surface area contributed by atoms with Gasteiger partial charge in [0.1, 0.15) is 12.3 Å². The van der Waals surface area contributed by atoms with Crippen LogP contribution in [0.5, 0.6) is 0 Å². The SMILES string of the molecule is CC(C[C@@H](CC(=O)O)NC(=O)c1cc(-c2ccccc2C(C)(F)F)n(C2CCCC2)n1)N1C[C@H](F)[C@@H](F)C1.Cl. The van der Waals surface area contributed by atoms with Gasteiger partial charge in [0.2, 0.25) is 0 Å². The van der Waals surface area contributed by atoms with Gasteiger partial charge in [0.15, 0.2) is 5.69 Å². The Kier molecular flexibility index (Phi) is 10.0. The summed E-state index contributed by atoms with van der Waals surface area (Å²) in [7, 11) is 0.